The zero-order valence-electron chi connectivity index (χ0n) is 29.3. The van der Waals surface area contributed by atoms with E-state index in [-0.39, 0.29) is 31.6 Å². The molecule has 0 aliphatic carbocycles. The molecule has 8 aromatic carbocycles. The van der Waals surface area contributed by atoms with E-state index in [1.165, 1.54) is 41.5 Å². The Labute approximate surface area is 324 Å². The number of fused-ring (bicyclic) bond motifs is 8. The molecular weight excluding hydrogens is 849 g/mol. The van der Waals surface area contributed by atoms with E-state index in [4.69, 9.17) is 5.11 Å². The Kier molecular flexibility index (Phi) is 10.4. The molecule has 10 rings (SSSR count). The molecule has 265 valence electrons. The Bertz CT molecular complexity index is 2730. The van der Waals surface area contributed by atoms with Gasteiger partial charge in [-0.3, -0.25) is 4.79 Å². The van der Waals surface area contributed by atoms with Gasteiger partial charge in [0.2, 0.25) is 0 Å². The Balaban J connectivity index is 0.000000140. The van der Waals surface area contributed by atoms with Crippen molar-refractivity contribution >= 4 is 70.9 Å². The topological polar surface area (TPSA) is 98.7 Å². The summed E-state index contributed by atoms with van der Waals surface area (Å²) in [7, 11) is 0. The number of hydrogen-bond acceptors (Lipinski definition) is 6. The summed E-state index contributed by atoms with van der Waals surface area (Å²) < 4.78 is 0. The van der Waals surface area contributed by atoms with Crippen molar-refractivity contribution < 1.29 is 30.0 Å². The molecule has 8 nitrogen and oxygen atoms in total. The van der Waals surface area contributed by atoms with Gasteiger partial charge in [0.05, 0.1) is 5.76 Å². The second kappa shape index (κ2) is 15.6. The third-order valence-corrected chi connectivity index (χ3v) is 8.69. The number of carbonyl (C=O) groups is 1. The molecule has 10 aromatic rings. The predicted molar refractivity (Wildman–Crippen MR) is 212 cm³/mol. The Morgan fingerprint density at radius 3 is 1.09 bits per heavy atom. The number of rotatable bonds is 3. The second-order valence-electron chi connectivity index (χ2n) is 12.5. The molecule has 0 unspecified atom stereocenters. The van der Waals surface area contributed by atoms with Crippen molar-refractivity contribution in [3.8, 4) is 11.4 Å². The summed E-state index contributed by atoms with van der Waals surface area (Å²) in [6.45, 7) is 2.85. The second-order valence-corrected chi connectivity index (χ2v) is 12.5. The van der Waals surface area contributed by atoms with Crippen LogP contribution in [0.15, 0.2) is 157 Å². The van der Waals surface area contributed by atoms with E-state index in [0.717, 1.165) is 55.0 Å². The summed E-state index contributed by atoms with van der Waals surface area (Å²) in [5.41, 5.74) is 5.32. The van der Waals surface area contributed by atoms with Gasteiger partial charge >= 0.3 is 0 Å². The number of hydrogen-bond donors (Lipinski definition) is 1. The first kappa shape index (κ1) is 35.8. The van der Waals surface area contributed by atoms with Crippen LogP contribution in [0.1, 0.15) is 13.8 Å². The summed E-state index contributed by atoms with van der Waals surface area (Å²) in [6.07, 6.45) is 1.17. The molecule has 1 N–H and O–H groups in total. The Morgan fingerprint density at radius 1 is 0.481 bits per heavy atom. The van der Waals surface area contributed by atoms with Crippen molar-refractivity contribution in [3.05, 3.63) is 170 Å². The summed E-state index contributed by atoms with van der Waals surface area (Å²) in [4.78, 5) is 13.4. The van der Waals surface area contributed by atoms with Gasteiger partial charge < -0.3 is 5.11 Å². The maximum Gasteiger partial charge on any atom is 0.155 e. The maximum absolute atomic E-state index is 10.0. The maximum atomic E-state index is 10.0. The van der Waals surface area contributed by atoms with Crippen LogP contribution in [0.2, 0.25) is 0 Å². The average molecular weight is 881 g/mol. The molecule has 54 heavy (non-hydrogen) atoms. The van der Waals surface area contributed by atoms with Gasteiger partial charge in [0.1, 0.15) is 22.1 Å². The number of benzene rings is 8. The number of nitrogens with zero attached hydrogens (tertiary/aromatic N) is 6. The molecular formula is C45H32IrN6O2-2. The zero-order chi connectivity index (χ0) is 36.3. The van der Waals surface area contributed by atoms with Crippen molar-refractivity contribution in [1.29, 1.82) is 0 Å². The molecule has 0 aliphatic heterocycles. The molecule has 2 heterocycles. The van der Waals surface area contributed by atoms with Crippen molar-refractivity contribution in [2.75, 3.05) is 0 Å². The predicted octanol–water partition coefficient (Wildman–Crippen LogP) is 10.1. The van der Waals surface area contributed by atoms with Crippen LogP contribution < -0.4 is 0 Å². The third-order valence-electron chi connectivity index (χ3n) is 8.69. The van der Waals surface area contributed by atoms with Crippen LogP contribution >= 0.6 is 0 Å². The fourth-order valence-electron chi connectivity index (χ4n) is 6.42. The van der Waals surface area contributed by atoms with Gasteiger partial charge in [-0.15, -0.1) is 78.3 Å². The summed E-state index contributed by atoms with van der Waals surface area (Å²) in [5, 5.41) is 36.0. The van der Waals surface area contributed by atoms with E-state index in [1.54, 1.807) is 9.59 Å². The first-order valence-corrected chi connectivity index (χ1v) is 17.1. The van der Waals surface area contributed by atoms with Crippen LogP contribution in [0.4, 0.5) is 0 Å². The zero-order valence-corrected chi connectivity index (χ0v) is 31.7. The minimum absolute atomic E-state index is 0. The SMILES string of the molecule is CC(=O)/C=C(/C)O.[Ir].[c-]1c(-n2nc3ccccc3n2)c2ccccc2c2ccccc12.[c-]1c(-n2nc3ccccc3n2)c2ccccc2c2ccccc12. The summed E-state index contributed by atoms with van der Waals surface area (Å²) in [5.74, 6) is -0.0625. The minimum Gasteiger partial charge on any atom is -0.512 e. The third kappa shape index (κ3) is 7.23. The van der Waals surface area contributed by atoms with Gasteiger partial charge in [0.15, 0.2) is 5.78 Å². The van der Waals surface area contributed by atoms with E-state index in [9.17, 15) is 4.79 Å². The summed E-state index contributed by atoms with van der Waals surface area (Å²) >= 11 is 0. The van der Waals surface area contributed by atoms with Gasteiger partial charge in [-0.05, 0) is 38.1 Å². The molecule has 0 bridgehead atoms. The fraction of sp³-hybridized carbons (Fsp3) is 0.0444. The average Bonchev–Trinajstić information content (AvgIpc) is 3.82. The van der Waals surface area contributed by atoms with E-state index >= 15 is 0 Å². The van der Waals surface area contributed by atoms with Crippen LogP contribution in [0, 0.1) is 12.1 Å². The van der Waals surface area contributed by atoms with Crippen LogP contribution in [0.5, 0.6) is 0 Å². The first-order chi connectivity index (χ1) is 25.9. The molecule has 0 saturated heterocycles. The van der Waals surface area contributed by atoms with E-state index in [0.29, 0.717) is 0 Å². The van der Waals surface area contributed by atoms with Crippen molar-refractivity contribution in [2.45, 2.75) is 13.8 Å². The smallest absolute Gasteiger partial charge is 0.155 e. The molecule has 2 aromatic heterocycles. The van der Waals surface area contributed by atoms with Gasteiger partial charge in [0, 0.05) is 37.6 Å². The van der Waals surface area contributed by atoms with Gasteiger partial charge in [0.25, 0.3) is 0 Å². The van der Waals surface area contributed by atoms with Crippen LogP contribution in [0.25, 0.3) is 76.5 Å². The number of carbonyl (C=O) groups excluding carboxylic acids is 1. The molecule has 1 radical (unpaired) electrons. The fourth-order valence-corrected chi connectivity index (χ4v) is 6.42. The van der Waals surface area contributed by atoms with E-state index in [2.05, 4.69) is 105 Å². The van der Waals surface area contributed by atoms with Crippen molar-refractivity contribution in [1.82, 2.24) is 30.0 Å². The van der Waals surface area contributed by atoms with E-state index < -0.39 is 0 Å². The van der Waals surface area contributed by atoms with Crippen LogP contribution in [-0.2, 0) is 24.9 Å². The van der Waals surface area contributed by atoms with Gasteiger partial charge in [-0.2, -0.15) is 9.59 Å². The number of aliphatic hydroxyl groups is 1. The molecule has 0 aliphatic rings. The monoisotopic (exact) mass is 881 g/mol. The largest absolute Gasteiger partial charge is 0.512 e. The molecule has 0 amide bonds. The quantitative estimate of drug-likeness (QED) is 0.0822. The Hall–Kier alpha value is -6.54. The number of aromatic nitrogens is 6. The Morgan fingerprint density at radius 2 is 0.778 bits per heavy atom. The molecule has 0 saturated carbocycles. The number of ketones is 1. The van der Waals surface area contributed by atoms with Gasteiger partial charge in [-0.1, -0.05) is 119 Å². The molecule has 0 spiro atoms. The first-order valence-electron chi connectivity index (χ1n) is 17.1. The molecule has 0 atom stereocenters. The molecule has 0 fully saturated rings. The number of aliphatic hydroxyl groups excluding tert-OH is 1. The summed E-state index contributed by atoms with van der Waals surface area (Å²) in [6, 6.07) is 56.0. The van der Waals surface area contributed by atoms with E-state index in [1.807, 2.05) is 72.8 Å². The van der Waals surface area contributed by atoms with Gasteiger partial charge in [-0.25, -0.2) is 0 Å². The van der Waals surface area contributed by atoms with Crippen LogP contribution in [-0.4, -0.2) is 40.9 Å². The standard InChI is InChI=1S/2C20H12N3.C5H8O2.Ir/c2*1-2-8-15-14(7-1)13-20(17-10-4-3-9-16(15)17)23-21-18-11-5-6-12-19(18)22-23;1-4(6)3-5(2)7;/h2*1-12H;3,6H,1-2H3;/q2*-1;;/b;;4-3-;. The molecule has 9 heteroatoms. The van der Waals surface area contributed by atoms with Crippen molar-refractivity contribution in [3.63, 3.8) is 0 Å². The minimum atomic E-state index is -0.125. The number of allylic oxidation sites excluding steroid dienone is 2. The van der Waals surface area contributed by atoms with Crippen LogP contribution in [0.3, 0.4) is 0 Å². The van der Waals surface area contributed by atoms with Crippen molar-refractivity contribution in [2.24, 2.45) is 0 Å². The normalized spacial score (nSPS) is 11.3.